The van der Waals surface area contributed by atoms with Gasteiger partial charge in [-0.25, -0.2) is 9.97 Å². The van der Waals surface area contributed by atoms with Crippen LogP contribution in [0.2, 0.25) is 0 Å². The summed E-state index contributed by atoms with van der Waals surface area (Å²) in [5.41, 5.74) is 1.17. The normalized spacial score (nSPS) is 15.9. The largest absolute Gasteiger partial charge is 0.454 e. The molecule has 1 aromatic heterocycles. The van der Waals surface area contributed by atoms with Crippen molar-refractivity contribution in [2.45, 2.75) is 34.2 Å². The van der Waals surface area contributed by atoms with Gasteiger partial charge in [0.1, 0.15) is 6.33 Å². The molecule has 1 saturated heterocycles. The minimum atomic E-state index is -0.322. The first-order valence-corrected chi connectivity index (χ1v) is 11.9. The van der Waals surface area contributed by atoms with Crippen molar-refractivity contribution in [2.24, 2.45) is 11.8 Å². The average Bonchev–Trinajstić information content (AvgIpc) is 3.26. The summed E-state index contributed by atoms with van der Waals surface area (Å²) in [7, 11) is 0. The van der Waals surface area contributed by atoms with Crippen LogP contribution in [0.5, 0.6) is 11.5 Å². The molecule has 0 aliphatic carbocycles. The number of ether oxygens (including phenoxy) is 2. The fraction of sp³-hybridized carbons (Fsp3) is 0.583. The molecule has 10 nitrogen and oxygen atoms in total. The first-order chi connectivity index (χ1) is 16.3. The van der Waals surface area contributed by atoms with Crippen LogP contribution >= 0.6 is 0 Å². The predicted molar refractivity (Wildman–Crippen MR) is 131 cm³/mol. The molecule has 1 fully saturated rings. The monoisotopic (exact) mass is 470 g/mol. The Labute approximate surface area is 200 Å². The number of hydrogen-bond acceptors (Lipinski definition) is 9. The summed E-state index contributed by atoms with van der Waals surface area (Å²) in [5, 5.41) is 12.2. The van der Waals surface area contributed by atoms with Gasteiger partial charge in [0, 0.05) is 45.8 Å². The fourth-order valence-corrected chi connectivity index (χ4v) is 4.53. The summed E-state index contributed by atoms with van der Waals surface area (Å²) in [4.78, 5) is 27.0. The van der Waals surface area contributed by atoms with E-state index in [1.165, 1.54) is 6.33 Å². The summed E-state index contributed by atoms with van der Waals surface area (Å²) in [6.45, 7) is 13.8. The Morgan fingerprint density at radius 2 is 1.71 bits per heavy atom. The van der Waals surface area contributed by atoms with Gasteiger partial charge in [-0.3, -0.25) is 15.0 Å². The second-order valence-corrected chi connectivity index (χ2v) is 9.77. The standard InChI is InChI=1S/C24H34N6O4/c1-17(2)12-29(13-18(3)4)24-22(30(31)32)23(25-15-26-24)28-9-7-27(8-10-28)14-19-5-6-20-21(11-19)34-16-33-20/h5-6,11,15,17-18H,7-10,12-14,16H2,1-4H3. The molecule has 3 heterocycles. The van der Waals surface area contributed by atoms with Gasteiger partial charge in [0.15, 0.2) is 11.5 Å². The Morgan fingerprint density at radius 3 is 2.35 bits per heavy atom. The summed E-state index contributed by atoms with van der Waals surface area (Å²) in [6, 6.07) is 6.02. The van der Waals surface area contributed by atoms with E-state index in [0.29, 0.717) is 49.7 Å². The smallest absolute Gasteiger partial charge is 0.353 e. The van der Waals surface area contributed by atoms with E-state index in [2.05, 4.69) is 48.6 Å². The molecule has 184 valence electrons. The van der Waals surface area contributed by atoms with E-state index in [1.54, 1.807) is 0 Å². The van der Waals surface area contributed by atoms with Gasteiger partial charge in [-0.05, 0) is 29.5 Å². The summed E-state index contributed by atoms with van der Waals surface area (Å²) >= 11 is 0. The molecule has 0 spiro atoms. The maximum absolute atomic E-state index is 12.2. The SMILES string of the molecule is CC(C)CN(CC(C)C)c1ncnc(N2CCN(Cc3ccc4c(c3)OCO4)CC2)c1[N+](=O)[O-]. The maximum atomic E-state index is 12.2. The molecule has 0 N–H and O–H groups in total. The molecular formula is C24H34N6O4. The zero-order valence-electron chi connectivity index (χ0n) is 20.4. The highest BCUT2D eigenvalue weighted by Crippen LogP contribution is 2.36. The predicted octanol–water partition coefficient (Wildman–Crippen LogP) is 3.55. The molecule has 2 aliphatic rings. The number of rotatable bonds is 9. The van der Waals surface area contributed by atoms with Crippen molar-refractivity contribution in [2.75, 3.05) is 55.9 Å². The lowest BCUT2D eigenvalue weighted by Gasteiger charge is -2.35. The highest BCUT2D eigenvalue weighted by atomic mass is 16.7. The number of piperazine rings is 1. The lowest BCUT2D eigenvalue weighted by molar-refractivity contribution is -0.383. The van der Waals surface area contributed by atoms with Crippen molar-refractivity contribution in [3.8, 4) is 11.5 Å². The van der Waals surface area contributed by atoms with E-state index >= 15 is 0 Å². The Morgan fingerprint density at radius 1 is 1.03 bits per heavy atom. The van der Waals surface area contributed by atoms with Crippen LogP contribution in [0.3, 0.4) is 0 Å². The average molecular weight is 471 g/mol. The number of nitro groups is 1. The summed E-state index contributed by atoms with van der Waals surface area (Å²) < 4.78 is 10.9. The topological polar surface area (TPSA) is 97.1 Å². The molecule has 2 aromatic rings. The van der Waals surface area contributed by atoms with Crippen LogP contribution in [-0.4, -0.2) is 65.9 Å². The molecular weight excluding hydrogens is 436 g/mol. The van der Waals surface area contributed by atoms with Crippen molar-refractivity contribution in [1.82, 2.24) is 14.9 Å². The third-order valence-electron chi connectivity index (χ3n) is 5.95. The van der Waals surface area contributed by atoms with Crippen LogP contribution in [0.25, 0.3) is 0 Å². The first kappa shape index (κ1) is 24.0. The lowest BCUT2D eigenvalue weighted by atomic mass is 10.1. The van der Waals surface area contributed by atoms with Gasteiger partial charge in [0.2, 0.25) is 18.4 Å². The van der Waals surface area contributed by atoms with E-state index in [4.69, 9.17) is 9.47 Å². The summed E-state index contributed by atoms with van der Waals surface area (Å²) in [6.07, 6.45) is 1.46. The van der Waals surface area contributed by atoms with Gasteiger partial charge in [-0.1, -0.05) is 33.8 Å². The molecule has 0 unspecified atom stereocenters. The van der Waals surface area contributed by atoms with E-state index in [9.17, 15) is 10.1 Å². The van der Waals surface area contributed by atoms with Crippen molar-refractivity contribution in [3.63, 3.8) is 0 Å². The van der Waals surface area contributed by atoms with Crippen LogP contribution in [0.1, 0.15) is 33.3 Å². The van der Waals surface area contributed by atoms with Crippen molar-refractivity contribution < 1.29 is 14.4 Å². The van der Waals surface area contributed by atoms with Crippen molar-refractivity contribution in [3.05, 3.63) is 40.2 Å². The minimum Gasteiger partial charge on any atom is -0.454 e. The highest BCUT2D eigenvalue weighted by Gasteiger charge is 2.32. The van der Waals surface area contributed by atoms with E-state index < -0.39 is 0 Å². The molecule has 0 atom stereocenters. The Bertz CT molecular complexity index is 997. The molecule has 4 rings (SSSR count). The van der Waals surface area contributed by atoms with Crippen LogP contribution in [0.4, 0.5) is 17.3 Å². The number of aromatic nitrogens is 2. The lowest BCUT2D eigenvalue weighted by Crippen LogP contribution is -2.46. The number of fused-ring (bicyclic) bond motifs is 1. The number of hydrogen-bond donors (Lipinski definition) is 0. The molecule has 0 bridgehead atoms. The molecule has 10 heteroatoms. The van der Waals surface area contributed by atoms with E-state index in [0.717, 1.165) is 36.7 Å². The maximum Gasteiger partial charge on any atom is 0.353 e. The Kier molecular flexibility index (Phi) is 7.35. The van der Waals surface area contributed by atoms with Gasteiger partial charge in [0.05, 0.1) is 4.92 Å². The molecule has 0 radical (unpaired) electrons. The van der Waals surface area contributed by atoms with Crippen LogP contribution < -0.4 is 19.3 Å². The van der Waals surface area contributed by atoms with Gasteiger partial charge >= 0.3 is 5.69 Å². The zero-order chi connectivity index (χ0) is 24.2. The first-order valence-electron chi connectivity index (χ1n) is 11.9. The van der Waals surface area contributed by atoms with Gasteiger partial charge < -0.3 is 19.3 Å². The number of anilines is 2. The third kappa shape index (κ3) is 5.49. The summed E-state index contributed by atoms with van der Waals surface area (Å²) in [5.74, 6) is 3.11. The van der Waals surface area contributed by atoms with Crippen LogP contribution in [0, 0.1) is 22.0 Å². The Hall–Kier alpha value is -3.14. The van der Waals surface area contributed by atoms with E-state index in [1.807, 2.05) is 21.9 Å². The van der Waals surface area contributed by atoms with Crippen molar-refractivity contribution >= 4 is 17.3 Å². The minimum absolute atomic E-state index is 0.00743. The van der Waals surface area contributed by atoms with E-state index in [-0.39, 0.29) is 17.4 Å². The second kappa shape index (κ2) is 10.4. The van der Waals surface area contributed by atoms with Crippen LogP contribution in [0.15, 0.2) is 24.5 Å². The molecule has 0 amide bonds. The fourth-order valence-electron chi connectivity index (χ4n) is 4.53. The third-order valence-corrected chi connectivity index (χ3v) is 5.95. The molecule has 0 saturated carbocycles. The van der Waals surface area contributed by atoms with Crippen molar-refractivity contribution in [1.29, 1.82) is 0 Å². The molecule has 2 aliphatic heterocycles. The Balaban J connectivity index is 1.49. The molecule has 1 aromatic carbocycles. The number of nitrogens with zero attached hydrogens (tertiary/aromatic N) is 6. The quantitative estimate of drug-likeness (QED) is 0.402. The van der Waals surface area contributed by atoms with Gasteiger partial charge in [-0.2, -0.15) is 0 Å². The zero-order valence-corrected chi connectivity index (χ0v) is 20.4. The van der Waals surface area contributed by atoms with Gasteiger partial charge in [0.25, 0.3) is 0 Å². The van der Waals surface area contributed by atoms with Gasteiger partial charge in [-0.15, -0.1) is 0 Å². The highest BCUT2D eigenvalue weighted by molar-refractivity contribution is 5.71. The van der Waals surface area contributed by atoms with Crippen LogP contribution in [-0.2, 0) is 6.54 Å². The number of benzene rings is 1. The molecule has 34 heavy (non-hydrogen) atoms. The second-order valence-electron chi connectivity index (χ2n) is 9.77.